The smallest absolute Gasteiger partial charge is 0.387 e. The van der Waals surface area contributed by atoms with Crippen LogP contribution in [0.25, 0.3) is 0 Å². The van der Waals surface area contributed by atoms with E-state index in [1.54, 1.807) is 37.3 Å². The Hall–Kier alpha value is -3.03. The molecule has 6 nitrogen and oxygen atoms in total. The van der Waals surface area contributed by atoms with Crippen molar-refractivity contribution in [3.05, 3.63) is 42.5 Å². The molecule has 140 valence electrons. The Morgan fingerprint density at radius 3 is 2.35 bits per heavy atom. The molecule has 2 rings (SSSR count). The molecule has 0 saturated carbocycles. The zero-order valence-electron chi connectivity index (χ0n) is 14.6. The van der Waals surface area contributed by atoms with Crippen LogP contribution in [0, 0.1) is 0 Å². The molecule has 1 unspecified atom stereocenters. The second kappa shape index (κ2) is 8.89. The third kappa shape index (κ3) is 4.98. The second-order valence-electron chi connectivity index (χ2n) is 5.30. The van der Waals surface area contributed by atoms with Crippen LogP contribution in [-0.4, -0.2) is 32.8 Å². The number of carbonyl (C=O) groups excluding carboxylic acids is 1. The molecular weight excluding hydrogens is 346 g/mol. The van der Waals surface area contributed by atoms with E-state index in [-0.39, 0.29) is 17.4 Å². The van der Waals surface area contributed by atoms with Gasteiger partial charge in [-0.15, -0.1) is 0 Å². The van der Waals surface area contributed by atoms with Crippen LogP contribution in [0.15, 0.2) is 42.5 Å². The Kier molecular flexibility index (Phi) is 6.60. The number of benzene rings is 2. The summed E-state index contributed by atoms with van der Waals surface area (Å²) in [5.74, 6) is 0.263. The highest BCUT2D eigenvalue weighted by Crippen LogP contribution is 2.32. The first-order valence-corrected chi connectivity index (χ1v) is 7.78. The summed E-state index contributed by atoms with van der Waals surface area (Å²) < 4.78 is 39.6. The molecule has 2 aromatic rings. The van der Waals surface area contributed by atoms with Crippen LogP contribution in [0.2, 0.25) is 0 Å². The van der Waals surface area contributed by atoms with Crippen molar-refractivity contribution in [2.75, 3.05) is 24.9 Å². The Morgan fingerprint density at radius 2 is 1.69 bits per heavy atom. The number of rotatable bonds is 8. The first-order valence-electron chi connectivity index (χ1n) is 7.78. The number of para-hydroxylation sites is 2. The highest BCUT2D eigenvalue weighted by Gasteiger charge is 2.17. The average molecular weight is 366 g/mol. The van der Waals surface area contributed by atoms with Crippen molar-refractivity contribution in [3.63, 3.8) is 0 Å². The fraction of sp³-hybridized carbons (Fsp3) is 0.278. The number of carbonyl (C=O) groups is 1. The summed E-state index contributed by atoms with van der Waals surface area (Å²) in [5, 5.41) is 5.68. The summed E-state index contributed by atoms with van der Waals surface area (Å²) in [6.45, 7) is -1.34. The fourth-order valence-corrected chi connectivity index (χ4v) is 2.26. The number of hydrogen-bond acceptors (Lipinski definition) is 5. The van der Waals surface area contributed by atoms with Gasteiger partial charge in [-0.25, -0.2) is 0 Å². The molecule has 1 amide bonds. The lowest BCUT2D eigenvalue weighted by atomic mass is 10.2. The summed E-state index contributed by atoms with van der Waals surface area (Å²) in [6.07, 6.45) is 0. The molecule has 0 aliphatic carbocycles. The minimum Gasteiger partial charge on any atom is -0.495 e. The van der Waals surface area contributed by atoms with Gasteiger partial charge < -0.3 is 24.8 Å². The molecule has 0 aromatic heterocycles. The lowest BCUT2D eigenvalue weighted by molar-refractivity contribution is -0.116. The lowest BCUT2D eigenvalue weighted by Gasteiger charge is -2.18. The number of methoxy groups -OCH3 is 2. The third-order valence-electron chi connectivity index (χ3n) is 3.52. The van der Waals surface area contributed by atoms with Crippen LogP contribution in [-0.2, 0) is 4.79 Å². The summed E-state index contributed by atoms with van der Waals surface area (Å²) in [6, 6.07) is 10.8. The maximum absolute atomic E-state index is 12.5. The predicted octanol–water partition coefficient (Wildman–Crippen LogP) is 3.74. The highest BCUT2D eigenvalue weighted by atomic mass is 19.3. The normalized spacial score (nSPS) is 11.6. The summed E-state index contributed by atoms with van der Waals surface area (Å²) in [5.41, 5.74) is 0.967. The summed E-state index contributed by atoms with van der Waals surface area (Å²) >= 11 is 0. The van der Waals surface area contributed by atoms with Gasteiger partial charge in [-0.3, -0.25) is 4.79 Å². The lowest BCUT2D eigenvalue weighted by Crippen LogP contribution is -2.32. The standard InChI is InChI=1S/C18H20F2N2O4/c1-11(17(23)22-13-6-4-5-7-14(13)24-2)21-12-8-9-15(25-3)16(10-12)26-18(19)20/h4-11,18,21H,1-3H3,(H,22,23). The number of anilines is 2. The molecule has 0 heterocycles. The number of alkyl halides is 2. The maximum Gasteiger partial charge on any atom is 0.387 e. The van der Waals surface area contributed by atoms with Crippen molar-refractivity contribution in [3.8, 4) is 17.2 Å². The predicted molar refractivity (Wildman–Crippen MR) is 94.3 cm³/mol. The van der Waals surface area contributed by atoms with Gasteiger partial charge in [0.05, 0.1) is 19.9 Å². The first-order chi connectivity index (χ1) is 12.4. The van der Waals surface area contributed by atoms with E-state index in [0.717, 1.165) is 0 Å². The molecular formula is C18H20F2N2O4. The zero-order chi connectivity index (χ0) is 19.1. The number of ether oxygens (including phenoxy) is 3. The van der Waals surface area contributed by atoms with Crippen molar-refractivity contribution < 1.29 is 27.8 Å². The zero-order valence-corrected chi connectivity index (χ0v) is 14.6. The van der Waals surface area contributed by atoms with Gasteiger partial charge in [-0.1, -0.05) is 12.1 Å². The van der Waals surface area contributed by atoms with Crippen molar-refractivity contribution in [1.82, 2.24) is 0 Å². The van der Waals surface area contributed by atoms with E-state index in [1.165, 1.54) is 26.4 Å². The monoisotopic (exact) mass is 366 g/mol. The molecule has 2 aromatic carbocycles. The van der Waals surface area contributed by atoms with Crippen LogP contribution in [0.1, 0.15) is 6.92 Å². The van der Waals surface area contributed by atoms with Gasteiger partial charge in [0.25, 0.3) is 0 Å². The van der Waals surface area contributed by atoms with E-state index < -0.39 is 12.7 Å². The van der Waals surface area contributed by atoms with Crippen LogP contribution in [0.4, 0.5) is 20.2 Å². The molecule has 0 bridgehead atoms. The van der Waals surface area contributed by atoms with Gasteiger partial charge >= 0.3 is 6.61 Å². The molecule has 0 saturated heterocycles. The highest BCUT2D eigenvalue weighted by molar-refractivity contribution is 5.97. The van der Waals surface area contributed by atoms with E-state index >= 15 is 0 Å². The van der Waals surface area contributed by atoms with Gasteiger partial charge in [-0.2, -0.15) is 8.78 Å². The average Bonchev–Trinajstić information content (AvgIpc) is 2.62. The minimum absolute atomic E-state index is 0.121. The van der Waals surface area contributed by atoms with E-state index in [4.69, 9.17) is 9.47 Å². The molecule has 8 heteroatoms. The van der Waals surface area contributed by atoms with Crippen molar-refractivity contribution in [1.29, 1.82) is 0 Å². The number of amides is 1. The molecule has 2 N–H and O–H groups in total. The van der Waals surface area contributed by atoms with Crippen LogP contribution in [0.5, 0.6) is 17.2 Å². The molecule has 1 atom stereocenters. The Balaban J connectivity index is 2.08. The quantitative estimate of drug-likeness (QED) is 0.745. The fourth-order valence-electron chi connectivity index (χ4n) is 2.26. The van der Waals surface area contributed by atoms with E-state index in [1.807, 2.05) is 0 Å². The first kappa shape index (κ1) is 19.3. The molecule has 0 spiro atoms. The summed E-state index contributed by atoms with van der Waals surface area (Å²) in [4.78, 5) is 12.4. The van der Waals surface area contributed by atoms with E-state index in [2.05, 4.69) is 15.4 Å². The number of hydrogen-bond donors (Lipinski definition) is 2. The molecule has 0 fully saturated rings. The van der Waals surface area contributed by atoms with Gasteiger partial charge in [-0.05, 0) is 31.2 Å². The number of nitrogens with one attached hydrogen (secondary N) is 2. The molecule has 0 aliphatic heterocycles. The maximum atomic E-state index is 12.5. The van der Waals surface area contributed by atoms with Crippen LogP contribution >= 0.6 is 0 Å². The van der Waals surface area contributed by atoms with Gasteiger partial charge in [0, 0.05) is 11.8 Å². The van der Waals surface area contributed by atoms with Crippen LogP contribution in [0.3, 0.4) is 0 Å². The van der Waals surface area contributed by atoms with E-state index in [9.17, 15) is 13.6 Å². The van der Waals surface area contributed by atoms with Crippen LogP contribution < -0.4 is 24.8 Å². The molecule has 0 radical (unpaired) electrons. The summed E-state index contributed by atoms with van der Waals surface area (Å²) in [7, 11) is 2.86. The Labute approximate surface area is 150 Å². The second-order valence-corrected chi connectivity index (χ2v) is 5.30. The minimum atomic E-state index is -2.98. The van der Waals surface area contributed by atoms with Crippen molar-refractivity contribution in [2.24, 2.45) is 0 Å². The largest absolute Gasteiger partial charge is 0.495 e. The Morgan fingerprint density at radius 1 is 1.00 bits per heavy atom. The molecule has 0 aliphatic rings. The Bertz CT molecular complexity index is 756. The third-order valence-corrected chi connectivity index (χ3v) is 3.52. The van der Waals surface area contributed by atoms with E-state index in [0.29, 0.717) is 17.1 Å². The topological polar surface area (TPSA) is 68.8 Å². The van der Waals surface area contributed by atoms with Crippen molar-refractivity contribution >= 4 is 17.3 Å². The SMILES string of the molecule is COc1ccccc1NC(=O)C(C)Nc1ccc(OC)c(OC(F)F)c1. The van der Waals surface area contributed by atoms with Gasteiger partial charge in [0.1, 0.15) is 11.8 Å². The van der Waals surface area contributed by atoms with Gasteiger partial charge in [0.2, 0.25) is 5.91 Å². The molecule has 26 heavy (non-hydrogen) atoms. The number of halogens is 2. The van der Waals surface area contributed by atoms with Crippen molar-refractivity contribution in [2.45, 2.75) is 19.6 Å². The van der Waals surface area contributed by atoms with Gasteiger partial charge in [0.15, 0.2) is 11.5 Å².